The van der Waals surface area contributed by atoms with Gasteiger partial charge in [-0.15, -0.1) is 0 Å². The van der Waals surface area contributed by atoms with E-state index in [1.807, 2.05) is 0 Å². The lowest BCUT2D eigenvalue weighted by Gasteiger charge is -2.29. The molecule has 1 heteroatoms. The summed E-state index contributed by atoms with van der Waals surface area (Å²) in [5.74, 6) is 0. The Morgan fingerprint density at radius 2 is 0.726 bits per heavy atom. The van der Waals surface area contributed by atoms with E-state index in [1.54, 1.807) is 0 Å². The second kappa shape index (κ2) is 15.3. The van der Waals surface area contributed by atoms with Crippen LogP contribution in [0.4, 0.5) is 17.1 Å². The number of benzene rings is 7. The fourth-order valence-corrected chi connectivity index (χ4v) is 9.15. The molecule has 0 saturated heterocycles. The Morgan fingerprint density at radius 3 is 1.31 bits per heavy atom. The maximum Gasteiger partial charge on any atom is 0.0467 e. The van der Waals surface area contributed by atoms with Gasteiger partial charge in [0.2, 0.25) is 0 Å². The summed E-state index contributed by atoms with van der Waals surface area (Å²) in [6.07, 6.45) is 0. The maximum atomic E-state index is 2.44. The highest BCUT2D eigenvalue weighted by molar-refractivity contribution is 5.87. The number of hydrogen-bond donors (Lipinski definition) is 0. The molecule has 0 heterocycles. The molecular formula is C61H67N. The third kappa shape index (κ3) is 8.32. The van der Waals surface area contributed by atoms with Crippen LogP contribution in [-0.4, -0.2) is 0 Å². The predicted octanol–water partition coefficient (Wildman–Crippen LogP) is 17.7. The second-order valence-electron chi connectivity index (χ2n) is 22.5. The van der Waals surface area contributed by atoms with Gasteiger partial charge in [0.05, 0.1) is 0 Å². The standard InChI is InChI=1S/C61H67N/c1-57(2,3)46-25-27-50(28-26-46)62(52-29-30-54-53-23-15-16-24-55(53)61(13,14)56(54)39-52)51-22-18-21-42(37-51)40-19-17-20-41(31-40)43-32-44(34-47(33-43)58(4,5)6)45-35-48(59(7,8)9)38-49(36-45)60(10,11)12/h15-39H,1-14H3. The first-order valence-corrected chi connectivity index (χ1v) is 22.7. The zero-order chi connectivity index (χ0) is 44.6. The molecule has 8 rings (SSSR count). The van der Waals surface area contributed by atoms with E-state index in [-0.39, 0.29) is 27.1 Å². The van der Waals surface area contributed by atoms with E-state index >= 15 is 0 Å². The SMILES string of the molecule is CC(C)(C)c1ccc(N(c2cccc(-c3cccc(-c4cc(-c5cc(C(C)(C)C)cc(C(C)(C)C)c5)cc(C(C)(C)C)c4)c3)c2)c2ccc3c(c2)C(C)(C)c2ccccc2-3)cc1. The summed E-state index contributed by atoms with van der Waals surface area (Å²) in [7, 11) is 0. The lowest BCUT2D eigenvalue weighted by molar-refractivity contribution is 0.569. The number of hydrogen-bond acceptors (Lipinski definition) is 1. The third-order valence-corrected chi connectivity index (χ3v) is 13.2. The van der Waals surface area contributed by atoms with Crippen LogP contribution in [0.5, 0.6) is 0 Å². The van der Waals surface area contributed by atoms with Crippen molar-refractivity contribution < 1.29 is 0 Å². The minimum atomic E-state index is -0.0968. The van der Waals surface area contributed by atoms with E-state index < -0.39 is 0 Å². The fourth-order valence-electron chi connectivity index (χ4n) is 9.15. The summed E-state index contributed by atoms with van der Waals surface area (Å²) in [5.41, 5.74) is 21.7. The molecule has 0 atom stereocenters. The molecule has 1 aliphatic rings. The van der Waals surface area contributed by atoms with Crippen molar-refractivity contribution in [3.63, 3.8) is 0 Å². The van der Waals surface area contributed by atoms with Crippen molar-refractivity contribution in [2.45, 2.75) is 124 Å². The minimum Gasteiger partial charge on any atom is -0.310 e. The molecule has 0 aliphatic heterocycles. The first-order valence-electron chi connectivity index (χ1n) is 22.7. The van der Waals surface area contributed by atoms with Crippen molar-refractivity contribution in [1.29, 1.82) is 0 Å². The highest BCUT2D eigenvalue weighted by Crippen LogP contribution is 2.51. The van der Waals surface area contributed by atoms with Gasteiger partial charge in [0.15, 0.2) is 0 Å². The molecule has 0 amide bonds. The molecular weight excluding hydrogens is 747 g/mol. The Balaban J connectivity index is 1.24. The van der Waals surface area contributed by atoms with E-state index in [0.29, 0.717) is 0 Å². The van der Waals surface area contributed by atoms with Gasteiger partial charge in [0.1, 0.15) is 0 Å². The van der Waals surface area contributed by atoms with Gasteiger partial charge in [-0.05, 0) is 148 Å². The van der Waals surface area contributed by atoms with Crippen LogP contribution in [0.15, 0.2) is 152 Å². The minimum absolute atomic E-state index is 0.0186. The molecule has 0 saturated carbocycles. The topological polar surface area (TPSA) is 3.24 Å². The van der Waals surface area contributed by atoms with Crippen LogP contribution in [0, 0.1) is 0 Å². The zero-order valence-electron chi connectivity index (χ0n) is 39.9. The molecule has 1 aliphatic carbocycles. The first kappa shape index (κ1) is 43.0. The summed E-state index contributed by atoms with van der Waals surface area (Å²) in [6, 6.07) is 57.9. The van der Waals surface area contributed by atoms with Crippen LogP contribution < -0.4 is 4.90 Å². The van der Waals surface area contributed by atoms with Crippen molar-refractivity contribution in [2.24, 2.45) is 0 Å². The Morgan fingerprint density at radius 1 is 0.306 bits per heavy atom. The van der Waals surface area contributed by atoms with Crippen LogP contribution in [0.3, 0.4) is 0 Å². The molecule has 62 heavy (non-hydrogen) atoms. The van der Waals surface area contributed by atoms with Crippen molar-refractivity contribution in [3.05, 3.63) is 185 Å². The molecule has 1 nitrogen and oxygen atoms in total. The number of fused-ring (bicyclic) bond motifs is 3. The van der Waals surface area contributed by atoms with Crippen LogP contribution >= 0.6 is 0 Å². The predicted molar refractivity (Wildman–Crippen MR) is 270 cm³/mol. The summed E-state index contributed by atoms with van der Waals surface area (Å²) in [5, 5.41) is 0. The number of anilines is 3. The Hall–Kier alpha value is -5.66. The van der Waals surface area contributed by atoms with Gasteiger partial charge in [-0.2, -0.15) is 0 Å². The number of rotatable bonds is 6. The number of nitrogens with zero attached hydrogens (tertiary/aromatic N) is 1. The smallest absolute Gasteiger partial charge is 0.0467 e. The Kier molecular flexibility index (Phi) is 10.6. The van der Waals surface area contributed by atoms with E-state index in [4.69, 9.17) is 0 Å². The fraction of sp³-hybridized carbons (Fsp3) is 0.311. The first-order chi connectivity index (χ1) is 29.0. The molecule has 0 spiro atoms. The van der Waals surface area contributed by atoms with Gasteiger partial charge >= 0.3 is 0 Å². The maximum absolute atomic E-state index is 2.44. The lowest BCUT2D eigenvalue weighted by atomic mass is 9.78. The van der Waals surface area contributed by atoms with Gasteiger partial charge in [-0.3, -0.25) is 0 Å². The van der Waals surface area contributed by atoms with Crippen molar-refractivity contribution >= 4 is 17.1 Å². The van der Waals surface area contributed by atoms with Crippen molar-refractivity contribution in [1.82, 2.24) is 0 Å². The van der Waals surface area contributed by atoms with E-state index in [1.165, 1.54) is 77.9 Å². The molecule has 7 aromatic carbocycles. The average Bonchev–Trinajstić information content (AvgIpc) is 3.45. The normalized spacial score (nSPS) is 13.8. The van der Waals surface area contributed by atoms with E-state index in [2.05, 4.69) is 253 Å². The summed E-state index contributed by atoms with van der Waals surface area (Å²) < 4.78 is 0. The van der Waals surface area contributed by atoms with Gasteiger partial charge in [-0.25, -0.2) is 0 Å². The van der Waals surface area contributed by atoms with E-state index in [9.17, 15) is 0 Å². The van der Waals surface area contributed by atoms with Gasteiger partial charge in [0, 0.05) is 22.5 Å². The monoisotopic (exact) mass is 814 g/mol. The van der Waals surface area contributed by atoms with Crippen LogP contribution in [-0.2, 0) is 27.1 Å². The van der Waals surface area contributed by atoms with Crippen molar-refractivity contribution in [2.75, 3.05) is 4.90 Å². The van der Waals surface area contributed by atoms with Crippen LogP contribution in [0.2, 0.25) is 0 Å². The highest BCUT2D eigenvalue weighted by atomic mass is 15.1. The Labute approximate surface area is 373 Å². The quantitative estimate of drug-likeness (QED) is 0.162. The summed E-state index contributed by atoms with van der Waals surface area (Å²) in [6.45, 7) is 32.5. The summed E-state index contributed by atoms with van der Waals surface area (Å²) >= 11 is 0. The summed E-state index contributed by atoms with van der Waals surface area (Å²) in [4.78, 5) is 2.44. The molecule has 0 unspecified atom stereocenters. The van der Waals surface area contributed by atoms with Gasteiger partial charge in [0.25, 0.3) is 0 Å². The van der Waals surface area contributed by atoms with Gasteiger partial charge in [-0.1, -0.05) is 200 Å². The molecule has 0 fully saturated rings. The Bertz CT molecular complexity index is 2750. The van der Waals surface area contributed by atoms with Crippen molar-refractivity contribution in [3.8, 4) is 44.5 Å². The second-order valence-corrected chi connectivity index (χ2v) is 22.5. The third-order valence-electron chi connectivity index (χ3n) is 13.2. The van der Waals surface area contributed by atoms with Gasteiger partial charge < -0.3 is 4.90 Å². The van der Waals surface area contributed by atoms with Crippen LogP contribution in [0.25, 0.3) is 44.5 Å². The largest absolute Gasteiger partial charge is 0.310 e. The van der Waals surface area contributed by atoms with E-state index in [0.717, 1.165) is 17.1 Å². The molecule has 316 valence electrons. The highest BCUT2D eigenvalue weighted by Gasteiger charge is 2.36. The molecule has 0 aromatic heterocycles. The average molecular weight is 814 g/mol. The molecule has 0 bridgehead atoms. The molecule has 7 aromatic rings. The lowest BCUT2D eigenvalue weighted by Crippen LogP contribution is -2.17. The zero-order valence-corrected chi connectivity index (χ0v) is 39.9. The molecule has 0 radical (unpaired) electrons. The molecule has 0 N–H and O–H groups in total. The van der Waals surface area contributed by atoms with Crippen LogP contribution in [0.1, 0.15) is 130 Å².